The topological polar surface area (TPSA) is 90.1 Å². The van der Waals surface area contributed by atoms with E-state index >= 15 is 0 Å². The summed E-state index contributed by atoms with van der Waals surface area (Å²) in [4.78, 5) is 19.7. The summed E-state index contributed by atoms with van der Waals surface area (Å²) in [5.74, 6) is 2.04. The molecule has 1 aromatic carbocycles. The highest BCUT2D eigenvalue weighted by atomic mass is 16.7. The molecule has 158 valence electrons. The Hall–Kier alpha value is -3.22. The number of pyridine rings is 1. The van der Waals surface area contributed by atoms with Gasteiger partial charge >= 0.3 is 6.16 Å². The van der Waals surface area contributed by atoms with E-state index in [-0.39, 0.29) is 5.88 Å². The molecule has 0 bridgehead atoms. The zero-order valence-electron chi connectivity index (χ0n) is 17.5. The predicted octanol–water partition coefficient (Wildman–Crippen LogP) is 5.13. The summed E-state index contributed by atoms with van der Waals surface area (Å²) in [7, 11) is 0. The fraction of sp³-hybridized carbons (Fsp3) is 0.391. The van der Waals surface area contributed by atoms with Gasteiger partial charge in [-0.25, -0.2) is 19.4 Å². The molecule has 0 aliphatic heterocycles. The molecule has 0 unspecified atom stereocenters. The largest absolute Gasteiger partial charge is 0.512 e. The highest BCUT2D eigenvalue weighted by Gasteiger charge is 2.13. The van der Waals surface area contributed by atoms with Crippen LogP contribution in [0.25, 0.3) is 11.1 Å². The van der Waals surface area contributed by atoms with Crippen LogP contribution >= 0.6 is 0 Å². The molecule has 2 heterocycles. The predicted molar refractivity (Wildman–Crippen MR) is 115 cm³/mol. The van der Waals surface area contributed by atoms with Crippen LogP contribution in [0.4, 0.5) is 4.79 Å². The normalized spacial score (nSPS) is 10.9. The minimum absolute atomic E-state index is 0.0800. The number of benzene rings is 1. The minimum atomic E-state index is -1.38. The molecular formula is C23H28N4O3. The van der Waals surface area contributed by atoms with Crippen LogP contribution < -0.4 is 4.74 Å². The van der Waals surface area contributed by atoms with Crippen LogP contribution in [0.1, 0.15) is 56.7 Å². The van der Waals surface area contributed by atoms with Crippen molar-refractivity contribution in [3.05, 3.63) is 59.8 Å². The van der Waals surface area contributed by atoms with E-state index in [1.54, 1.807) is 12.1 Å². The first-order chi connectivity index (χ1) is 14.6. The zero-order valence-corrected chi connectivity index (χ0v) is 17.5. The van der Waals surface area contributed by atoms with E-state index in [9.17, 15) is 4.79 Å². The van der Waals surface area contributed by atoms with Crippen LogP contribution in [0.2, 0.25) is 0 Å². The third kappa shape index (κ3) is 5.65. The summed E-state index contributed by atoms with van der Waals surface area (Å²) in [6, 6.07) is 11.5. The number of ether oxygens (including phenoxy) is 1. The van der Waals surface area contributed by atoms with E-state index < -0.39 is 6.16 Å². The van der Waals surface area contributed by atoms with Crippen molar-refractivity contribution in [1.29, 1.82) is 0 Å². The fourth-order valence-electron chi connectivity index (χ4n) is 3.25. The van der Waals surface area contributed by atoms with E-state index in [1.165, 1.54) is 6.20 Å². The number of carbonyl (C=O) groups is 1. The molecule has 7 nitrogen and oxygen atoms in total. The van der Waals surface area contributed by atoms with Gasteiger partial charge in [-0.05, 0) is 36.1 Å². The Morgan fingerprint density at radius 1 is 1.07 bits per heavy atom. The molecule has 1 N–H and O–H groups in total. The number of aromatic nitrogens is 4. The minimum Gasteiger partial charge on any atom is -0.449 e. The number of carboxylic acid groups (broad SMARTS) is 1. The Balaban J connectivity index is 1.79. The number of nitrogens with zero attached hydrogens (tertiary/aromatic N) is 4. The summed E-state index contributed by atoms with van der Waals surface area (Å²) >= 11 is 0. The fourth-order valence-corrected chi connectivity index (χ4v) is 3.25. The van der Waals surface area contributed by atoms with Gasteiger partial charge in [0.25, 0.3) is 0 Å². The van der Waals surface area contributed by atoms with Crippen molar-refractivity contribution in [3.63, 3.8) is 0 Å². The van der Waals surface area contributed by atoms with E-state index in [0.717, 1.165) is 61.3 Å². The van der Waals surface area contributed by atoms with Gasteiger partial charge < -0.3 is 9.84 Å². The van der Waals surface area contributed by atoms with Crippen LogP contribution in [0.5, 0.6) is 5.88 Å². The lowest BCUT2D eigenvalue weighted by atomic mass is 10.1. The van der Waals surface area contributed by atoms with Crippen molar-refractivity contribution < 1.29 is 14.6 Å². The van der Waals surface area contributed by atoms with E-state index in [2.05, 4.69) is 18.8 Å². The van der Waals surface area contributed by atoms with Crippen LogP contribution in [-0.4, -0.2) is 31.0 Å². The molecule has 0 amide bonds. The van der Waals surface area contributed by atoms with Crippen molar-refractivity contribution in [2.24, 2.45) is 0 Å². The molecule has 0 saturated heterocycles. The smallest absolute Gasteiger partial charge is 0.449 e. The lowest BCUT2D eigenvalue weighted by Crippen LogP contribution is -2.07. The molecule has 30 heavy (non-hydrogen) atoms. The Bertz CT molecular complexity index is 967. The summed E-state index contributed by atoms with van der Waals surface area (Å²) in [6.45, 7) is 5.01. The first-order valence-corrected chi connectivity index (χ1v) is 10.5. The van der Waals surface area contributed by atoms with Crippen molar-refractivity contribution in [2.45, 2.75) is 58.9 Å². The third-order valence-corrected chi connectivity index (χ3v) is 4.85. The molecule has 2 aromatic heterocycles. The zero-order chi connectivity index (χ0) is 21.3. The number of hydrogen-bond acceptors (Lipinski definition) is 5. The molecule has 0 atom stereocenters. The summed E-state index contributed by atoms with van der Waals surface area (Å²) < 4.78 is 6.81. The van der Waals surface area contributed by atoms with Gasteiger partial charge in [-0.2, -0.15) is 5.10 Å². The third-order valence-electron chi connectivity index (χ3n) is 4.85. The van der Waals surface area contributed by atoms with Gasteiger partial charge in [0.1, 0.15) is 5.82 Å². The van der Waals surface area contributed by atoms with Crippen molar-refractivity contribution >= 4 is 6.16 Å². The van der Waals surface area contributed by atoms with Gasteiger partial charge in [-0.3, -0.25) is 0 Å². The van der Waals surface area contributed by atoms with E-state index in [4.69, 9.17) is 19.9 Å². The van der Waals surface area contributed by atoms with Crippen LogP contribution in [0.15, 0.2) is 42.6 Å². The maximum atomic E-state index is 10.9. The number of unbranched alkanes of at least 4 members (excludes halogenated alkanes) is 2. The molecule has 0 saturated carbocycles. The second-order valence-corrected chi connectivity index (χ2v) is 7.23. The molecular weight excluding hydrogens is 380 g/mol. The lowest BCUT2D eigenvalue weighted by Gasteiger charge is -2.09. The van der Waals surface area contributed by atoms with Gasteiger partial charge in [-0.1, -0.05) is 51.0 Å². The van der Waals surface area contributed by atoms with Gasteiger partial charge in [0.05, 0.1) is 6.54 Å². The van der Waals surface area contributed by atoms with Gasteiger partial charge in [0.15, 0.2) is 5.82 Å². The first-order valence-electron chi connectivity index (χ1n) is 10.5. The standard InChI is InChI=1S/C23H28N4O3/c1-3-5-9-20-25-21(10-6-4-2)27(26-20)16-17-11-13-18(14-12-17)19-8-7-15-24-22(19)30-23(28)29/h7-8,11-15H,3-6,9-10,16H2,1-2H3,(H,28,29). The van der Waals surface area contributed by atoms with Crippen LogP contribution in [-0.2, 0) is 19.4 Å². The molecule has 0 aliphatic carbocycles. The van der Waals surface area contributed by atoms with Crippen molar-refractivity contribution in [3.8, 4) is 17.0 Å². The monoisotopic (exact) mass is 408 g/mol. The van der Waals surface area contributed by atoms with Crippen LogP contribution in [0, 0.1) is 0 Å². The molecule has 7 heteroatoms. The molecule has 3 aromatic rings. The van der Waals surface area contributed by atoms with Gasteiger partial charge in [0, 0.05) is 24.6 Å². The van der Waals surface area contributed by atoms with E-state index in [0.29, 0.717) is 12.1 Å². The molecule has 0 radical (unpaired) electrons. The Labute approximate surface area is 176 Å². The molecule has 0 aliphatic rings. The van der Waals surface area contributed by atoms with Gasteiger partial charge in [-0.15, -0.1) is 0 Å². The Morgan fingerprint density at radius 2 is 1.80 bits per heavy atom. The van der Waals surface area contributed by atoms with Gasteiger partial charge in [0.2, 0.25) is 5.88 Å². The second-order valence-electron chi connectivity index (χ2n) is 7.23. The Kier molecular flexibility index (Phi) is 7.54. The summed E-state index contributed by atoms with van der Waals surface area (Å²) in [5.41, 5.74) is 2.59. The maximum Gasteiger partial charge on any atom is 0.512 e. The average Bonchev–Trinajstić information content (AvgIpc) is 3.12. The van der Waals surface area contributed by atoms with Crippen molar-refractivity contribution in [1.82, 2.24) is 19.7 Å². The number of hydrogen-bond donors (Lipinski definition) is 1. The number of rotatable bonds is 10. The summed E-state index contributed by atoms with van der Waals surface area (Å²) in [5, 5.41) is 13.6. The molecule has 3 rings (SSSR count). The quantitative estimate of drug-likeness (QED) is 0.468. The summed E-state index contributed by atoms with van der Waals surface area (Å²) in [6.07, 6.45) is 6.41. The highest BCUT2D eigenvalue weighted by molar-refractivity contribution is 5.72. The first kappa shape index (κ1) is 21.5. The average molecular weight is 409 g/mol. The van der Waals surface area contributed by atoms with E-state index in [1.807, 2.05) is 28.9 Å². The molecule has 0 fully saturated rings. The number of aryl methyl sites for hydroxylation is 2. The van der Waals surface area contributed by atoms with Crippen molar-refractivity contribution in [2.75, 3.05) is 0 Å². The second kappa shape index (κ2) is 10.5. The lowest BCUT2D eigenvalue weighted by molar-refractivity contribution is 0.143. The Morgan fingerprint density at radius 3 is 2.50 bits per heavy atom. The van der Waals surface area contributed by atoms with Crippen LogP contribution in [0.3, 0.4) is 0 Å². The highest BCUT2D eigenvalue weighted by Crippen LogP contribution is 2.28. The SMILES string of the molecule is CCCCc1nc(CCCC)n(Cc2ccc(-c3cccnc3OC(=O)O)cc2)n1. The molecule has 0 spiro atoms. The maximum absolute atomic E-state index is 10.9.